The second-order valence-electron chi connectivity index (χ2n) is 8.12. The summed E-state index contributed by atoms with van der Waals surface area (Å²) in [5, 5.41) is 22.3. The number of thiazole rings is 1. The van der Waals surface area contributed by atoms with Crippen LogP contribution >= 0.6 is 22.9 Å². The lowest BCUT2D eigenvalue weighted by molar-refractivity contribution is -0.0979. The molecule has 0 amide bonds. The molecule has 2 saturated carbocycles. The topological polar surface area (TPSA) is 86.3 Å². The lowest BCUT2D eigenvalue weighted by Gasteiger charge is -2.29. The van der Waals surface area contributed by atoms with Crippen LogP contribution in [0.2, 0.25) is 5.02 Å². The van der Waals surface area contributed by atoms with Crippen molar-refractivity contribution < 1.29 is 14.3 Å². The van der Waals surface area contributed by atoms with Gasteiger partial charge in [-0.05, 0) is 44.4 Å². The van der Waals surface area contributed by atoms with Crippen LogP contribution in [0.5, 0.6) is 5.75 Å². The molecule has 9 heteroatoms. The first-order chi connectivity index (χ1) is 16.0. The van der Waals surface area contributed by atoms with Gasteiger partial charge in [0.05, 0.1) is 10.7 Å². The third kappa shape index (κ3) is 11.7. The number of anilines is 2. The Morgan fingerprint density at radius 1 is 1.15 bits per heavy atom. The zero-order chi connectivity index (χ0) is 24.6. The molecule has 1 aromatic heterocycles. The minimum Gasteiger partial charge on any atom is -0.505 e. The number of nitrogens with one attached hydrogen (secondary N) is 3. The van der Waals surface area contributed by atoms with E-state index in [1.807, 2.05) is 19.2 Å². The van der Waals surface area contributed by atoms with Gasteiger partial charge >= 0.3 is 0 Å². The molecule has 2 fully saturated rings. The molecule has 0 unspecified atom stereocenters. The molecule has 2 aromatic rings. The Morgan fingerprint density at radius 3 is 2.18 bits per heavy atom. The van der Waals surface area contributed by atoms with Crippen LogP contribution in [0.3, 0.4) is 0 Å². The van der Waals surface area contributed by atoms with Crippen molar-refractivity contribution in [3.05, 3.63) is 34.5 Å². The highest BCUT2D eigenvalue weighted by molar-refractivity contribution is 7.13. The highest BCUT2D eigenvalue weighted by Crippen LogP contribution is 2.31. The first-order valence-electron chi connectivity index (χ1n) is 11.5. The number of aromatic nitrogens is 1. The van der Waals surface area contributed by atoms with Gasteiger partial charge in [-0.25, -0.2) is 9.37 Å². The van der Waals surface area contributed by atoms with Crippen LogP contribution in [0.25, 0.3) is 0 Å². The third-order valence-electron chi connectivity index (χ3n) is 5.16. The molecule has 2 aliphatic rings. The smallest absolute Gasteiger partial charge is 0.182 e. The Hall–Kier alpha value is -1.90. The van der Waals surface area contributed by atoms with E-state index in [0.717, 1.165) is 17.7 Å². The molecule has 6 nitrogen and oxygen atoms in total. The van der Waals surface area contributed by atoms with E-state index in [0.29, 0.717) is 22.7 Å². The number of phenolic OH excluding ortho intramolecular Hbond substituents is 1. The summed E-state index contributed by atoms with van der Waals surface area (Å²) in [6.07, 6.45) is 10.5. The molecule has 1 aromatic carbocycles. The highest BCUT2D eigenvalue weighted by Gasteiger charge is 2.27. The molecule has 1 heterocycles. The summed E-state index contributed by atoms with van der Waals surface area (Å²) in [6, 6.07) is 3.97. The maximum Gasteiger partial charge on any atom is 0.182 e. The van der Waals surface area contributed by atoms with Gasteiger partial charge in [-0.2, -0.15) is 0 Å². The molecule has 2 aliphatic carbocycles. The molecule has 0 radical (unpaired) electrons. The summed E-state index contributed by atoms with van der Waals surface area (Å²) in [5.41, 5.74) is 0.560. The Kier molecular flexibility index (Phi) is 14.7. The van der Waals surface area contributed by atoms with Crippen LogP contribution in [0, 0.1) is 11.7 Å². The second kappa shape index (κ2) is 16.7. The van der Waals surface area contributed by atoms with Crippen LogP contribution in [-0.4, -0.2) is 42.6 Å². The molecule has 0 atom stereocenters. The monoisotopic (exact) mass is 500 g/mol. The van der Waals surface area contributed by atoms with Crippen LogP contribution in [-0.2, 0) is 4.79 Å². The fourth-order valence-electron chi connectivity index (χ4n) is 3.39. The molecule has 4 N–H and O–H groups in total. The average molecular weight is 501 g/mol. The van der Waals surface area contributed by atoms with Crippen molar-refractivity contribution in [2.75, 3.05) is 24.2 Å². The Bertz CT molecular complexity index is 770. The highest BCUT2D eigenvalue weighted by atomic mass is 35.5. The first-order valence-corrected chi connectivity index (χ1v) is 12.8. The minimum atomic E-state index is -0.640. The molecular weight excluding hydrogens is 463 g/mol. The predicted molar refractivity (Wildman–Crippen MR) is 138 cm³/mol. The second-order valence-corrected chi connectivity index (χ2v) is 9.42. The van der Waals surface area contributed by atoms with E-state index in [4.69, 9.17) is 16.4 Å². The van der Waals surface area contributed by atoms with Crippen LogP contribution in [0.4, 0.5) is 15.2 Å². The van der Waals surface area contributed by atoms with E-state index in [2.05, 4.69) is 34.8 Å². The van der Waals surface area contributed by atoms with Crippen LogP contribution in [0.1, 0.15) is 58.8 Å². The van der Waals surface area contributed by atoms with E-state index in [-0.39, 0.29) is 0 Å². The van der Waals surface area contributed by atoms with Crippen molar-refractivity contribution in [2.24, 2.45) is 5.92 Å². The quantitative estimate of drug-likeness (QED) is 0.347. The number of halogens is 2. The Morgan fingerprint density at radius 2 is 1.73 bits per heavy atom. The first kappa shape index (κ1) is 29.1. The number of hydrogen-bond donors (Lipinski definition) is 4. The fraction of sp³-hybridized carbons (Fsp3) is 0.583. The van der Waals surface area contributed by atoms with Crippen molar-refractivity contribution in [1.82, 2.24) is 10.3 Å². The number of rotatable bonds is 6. The van der Waals surface area contributed by atoms with Gasteiger partial charge in [-0.1, -0.05) is 31.9 Å². The SMILES string of the molecule is C=O.CCC.CNc1nccs1.Oc1cc(Cl)c(NCC2CCC(NC3CC3)CC2)cc1F. The van der Waals surface area contributed by atoms with Crippen molar-refractivity contribution in [3.8, 4) is 5.75 Å². The largest absolute Gasteiger partial charge is 0.505 e. The minimum absolute atomic E-state index is 0.359. The summed E-state index contributed by atoms with van der Waals surface area (Å²) in [5.74, 6) is -0.438. The summed E-state index contributed by atoms with van der Waals surface area (Å²) in [7, 11) is 1.86. The van der Waals surface area contributed by atoms with E-state index >= 15 is 0 Å². The van der Waals surface area contributed by atoms with Gasteiger partial charge in [0.1, 0.15) is 6.79 Å². The van der Waals surface area contributed by atoms with Gasteiger partial charge < -0.3 is 25.9 Å². The Labute approximate surface area is 206 Å². The van der Waals surface area contributed by atoms with E-state index in [1.54, 1.807) is 17.5 Å². The molecule has 4 rings (SSSR count). The van der Waals surface area contributed by atoms with E-state index in [1.165, 1.54) is 57.1 Å². The van der Waals surface area contributed by atoms with E-state index in [9.17, 15) is 9.50 Å². The molecule has 0 spiro atoms. The summed E-state index contributed by atoms with van der Waals surface area (Å²) in [6.45, 7) is 7.06. The summed E-state index contributed by atoms with van der Waals surface area (Å²) < 4.78 is 13.3. The van der Waals surface area contributed by atoms with Gasteiger partial charge in [-0.15, -0.1) is 11.3 Å². The molecular formula is C24H38ClFN4O2S. The maximum absolute atomic E-state index is 13.3. The van der Waals surface area contributed by atoms with Crippen LogP contribution < -0.4 is 16.0 Å². The molecule has 33 heavy (non-hydrogen) atoms. The third-order valence-corrected chi connectivity index (χ3v) is 6.26. The molecule has 0 bridgehead atoms. The average Bonchev–Trinajstić information content (AvgIpc) is 3.47. The zero-order valence-electron chi connectivity index (χ0n) is 19.9. The number of nitrogens with zero attached hydrogens (tertiary/aromatic N) is 1. The lowest BCUT2D eigenvalue weighted by Crippen LogP contribution is -2.35. The van der Waals surface area contributed by atoms with Gasteiger partial charge in [0.15, 0.2) is 16.7 Å². The number of aromatic hydroxyl groups is 1. The van der Waals surface area contributed by atoms with Gasteiger partial charge in [-0.3, -0.25) is 0 Å². The fourth-order valence-corrected chi connectivity index (χ4v) is 4.10. The number of benzene rings is 1. The standard InChI is InChI=1S/C16H22ClFN2O.C4H6N2S.C3H8.CH2O/c17-13-7-16(21)14(18)8-15(13)19-9-10-1-3-11(4-2-10)20-12-5-6-12;1-5-4-6-2-3-7-4;1-3-2;1-2/h7-8,10-12,19-21H,1-6,9H2;2-3H,1H3,(H,5,6);3H2,1-2H3;1H2. The van der Waals surface area contributed by atoms with Crippen LogP contribution in [0.15, 0.2) is 23.7 Å². The lowest BCUT2D eigenvalue weighted by atomic mass is 9.86. The van der Waals surface area contributed by atoms with Crippen molar-refractivity contribution >= 4 is 40.5 Å². The molecule has 0 saturated heterocycles. The van der Waals surface area contributed by atoms with E-state index < -0.39 is 11.6 Å². The normalized spacial score (nSPS) is 18.9. The summed E-state index contributed by atoms with van der Waals surface area (Å²) in [4.78, 5) is 11.9. The number of phenols is 1. The number of hydrogen-bond acceptors (Lipinski definition) is 7. The zero-order valence-corrected chi connectivity index (χ0v) is 21.4. The molecule has 186 valence electrons. The van der Waals surface area contributed by atoms with Gasteiger partial charge in [0, 0.05) is 49.4 Å². The van der Waals surface area contributed by atoms with Crippen molar-refractivity contribution in [3.63, 3.8) is 0 Å². The predicted octanol–water partition coefficient (Wildman–Crippen LogP) is 6.32. The number of carbonyl (C=O) groups excluding carboxylic acids is 1. The number of carbonyl (C=O) groups is 1. The van der Waals surface area contributed by atoms with Crippen molar-refractivity contribution in [2.45, 2.75) is 70.9 Å². The maximum atomic E-state index is 13.3. The van der Waals surface area contributed by atoms with Gasteiger partial charge in [0.2, 0.25) is 0 Å². The molecule has 0 aliphatic heterocycles. The van der Waals surface area contributed by atoms with Gasteiger partial charge in [0.25, 0.3) is 0 Å². The summed E-state index contributed by atoms with van der Waals surface area (Å²) >= 11 is 7.61. The van der Waals surface area contributed by atoms with Crippen molar-refractivity contribution in [1.29, 1.82) is 0 Å². The Balaban J connectivity index is 0.000000377.